The number of nitrogens with one attached hydrogen (secondary N) is 2. The summed E-state index contributed by atoms with van der Waals surface area (Å²) in [7, 11) is 0. The van der Waals surface area contributed by atoms with Crippen molar-refractivity contribution in [2.75, 3.05) is 10.6 Å². The Morgan fingerprint density at radius 3 is 2.24 bits per heavy atom. The molecule has 3 heterocycles. The average Bonchev–Trinajstić information content (AvgIpc) is 3.12. The molecule has 168 valence electrons. The largest absolute Gasteiger partial charge is 0.339 e. The third-order valence-electron chi connectivity index (χ3n) is 5.67. The fraction of sp³-hybridized carbons (Fsp3) is 0.120. The van der Waals surface area contributed by atoms with Crippen LogP contribution in [0.3, 0.4) is 0 Å². The Bertz CT molecular complexity index is 1490. The van der Waals surface area contributed by atoms with Crippen LogP contribution in [0.4, 0.5) is 17.2 Å². The smallest absolute Gasteiger partial charge is 0.255 e. The number of amides is 1. The molecule has 0 unspecified atom stereocenters. The Morgan fingerprint density at radius 1 is 0.824 bits per heavy atom. The van der Waals surface area contributed by atoms with Crippen LogP contribution in [-0.4, -0.2) is 35.9 Å². The lowest BCUT2D eigenvalue weighted by molar-refractivity contribution is 0.102. The molecular formula is C25H22N8O. The van der Waals surface area contributed by atoms with Crippen LogP contribution in [0.2, 0.25) is 0 Å². The van der Waals surface area contributed by atoms with Crippen LogP contribution in [0.5, 0.6) is 0 Å². The topological polar surface area (TPSA) is 111 Å². The molecule has 0 saturated heterocycles. The van der Waals surface area contributed by atoms with E-state index < -0.39 is 0 Å². The Balaban J connectivity index is 1.25. The molecule has 0 fully saturated rings. The van der Waals surface area contributed by atoms with Crippen molar-refractivity contribution < 1.29 is 4.79 Å². The predicted octanol–water partition coefficient (Wildman–Crippen LogP) is 4.53. The van der Waals surface area contributed by atoms with Crippen molar-refractivity contribution in [2.45, 2.75) is 20.8 Å². The number of nitrogens with zero attached hydrogens (tertiary/aromatic N) is 6. The molecule has 2 N–H and O–H groups in total. The molecule has 3 aromatic heterocycles. The van der Waals surface area contributed by atoms with E-state index in [1.165, 1.54) is 0 Å². The van der Waals surface area contributed by atoms with Gasteiger partial charge in [-0.05, 0) is 80.9 Å². The first-order valence-electron chi connectivity index (χ1n) is 10.7. The van der Waals surface area contributed by atoms with Crippen LogP contribution in [0.1, 0.15) is 27.3 Å². The molecule has 1 amide bonds. The van der Waals surface area contributed by atoms with Gasteiger partial charge in [0.25, 0.3) is 5.91 Å². The van der Waals surface area contributed by atoms with Crippen LogP contribution in [0.15, 0.2) is 67.0 Å². The van der Waals surface area contributed by atoms with Gasteiger partial charge >= 0.3 is 0 Å². The summed E-state index contributed by atoms with van der Waals surface area (Å²) >= 11 is 0. The minimum Gasteiger partial charge on any atom is -0.339 e. The molecule has 0 saturated carbocycles. The number of hydrogen-bond donors (Lipinski definition) is 2. The monoisotopic (exact) mass is 450 g/mol. The summed E-state index contributed by atoms with van der Waals surface area (Å²) in [5.74, 6) is 1.06. The SMILES string of the molecule is Cc1nn(-c2ccc(Nc3ccc(NC(=O)c4ccc5nccnc5c4)cc3)nn2)c(C)c1C. The lowest BCUT2D eigenvalue weighted by atomic mass is 10.1. The zero-order valence-electron chi connectivity index (χ0n) is 18.9. The number of anilines is 3. The third kappa shape index (κ3) is 4.18. The molecule has 9 heteroatoms. The number of rotatable bonds is 5. The standard InChI is InChI=1S/C25H22N8O/c1-15-16(2)32-33(17(15)3)24-11-10-23(30-31-24)28-19-5-7-20(8-6-19)29-25(34)18-4-9-21-22(14-18)27-13-12-26-21/h4-14H,1-3H3,(H,28,30)(H,29,34). The highest BCUT2D eigenvalue weighted by atomic mass is 16.1. The van der Waals surface area contributed by atoms with Gasteiger partial charge in [-0.1, -0.05) is 0 Å². The first kappa shape index (κ1) is 21.2. The fourth-order valence-corrected chi connectivity index (χ4v) is 3.54. The maximum Gasteiger partial charge on any atom is 0.255 e. The van der Waals surface area contributed by atoms with Gasteiger partial charge in [0.05, 0.1) is 16.7 Å². The van der Waals surface area contributed by atoms with E-state index in [1.807, 2.05) is 57.2 Å². The lowest BCUT2D eigenvalue weighted by Crippen LogP contribution is -2.11. The summed E-state index contributed by atoms with van der Waals surface area (Å²) in [6, 6.07) is 16.3. The second-order valence-corrected chi connectivity index (χ2v) is 7.90. The zero-order valence-corrected chi connectivity index (χ0v) is 18.9. The van der Waals surface area contributed by atoms with E-state index in [1.54, 1.807) is 35.3 Å². The van der Waals surface area contributed by atoms with Crippen molar-refractivity contribution in [3.05, 3.63) is 89.5 Å². The maximum atomic E-state index is 12.6. The summed E-state index contributed by atoms with van der Waals surface area (Å²) in [4.78, 5) is 21.1. The summed E-state index contributed by atoms with van der Waals surface area (Å²) in [6.45, 7) is 6.03. The number of carbonyl (C=O) groups is 1. The Morgan fingerprint density at radius 2 is 1.56 bits per heavy atom. The van der Waals surface area contributed by atoms with Gasteiger partial charge in [-0.25, -0.2) is 4.68 Å². The predicted molar refractivity (Wildman–Crippen MR) is 131 cm³/mol. The Kier molecular flexibility index (Phi) is 5.43. The number of aryl methyl sites for hydroxylation is 1. The quantitative estimate of drug-likeness (QED) is 0.405. The molecule has 0 aliphatic carbocycles. The van der Waals surface area contributed by atoms with Crippen molar-refractivity contribution in [3.8, 4) is 5.82 Å². The molecular weight excluding hydrogens is 428 g/mol. The molecule has 2 aromatic carbocycles. The van der Waals surface area contributed by atoms with Gasteiger partial charge < -0.3 is 10.6 Å². The molecule has 0 spiro atoms. The van der Waals surface area contributed by atoms with Crippen LogP contribution in [0.25, 0.3) is 16.9 Å². The van der Waals surface area contributed by atoms with E-state index in [-0.39, 0.29) is 5.91 Å². The zero-order chi connectivity index (χ0) is 23.7. The van der Waals surface area contributed by atoms with E-state index in [9.17, 15) is 4.79 Å². The van der Waals surface area contributed by atoms with E-state index in [0.29, 0.717) is 28.4 Å². The molecule has 0 radical (unpaired) electrons. The van der Waals surface area contributed by atoms with Crippen molar-refractivity contribution in [1.82, 2.24) is 29.9 Å². The molecule has 0 aliphatic rings. The highest BCUT2D eigenvalue weighted by Gasteiger charge is 2.11. The van der Waals surface area contributed by atoms with Crippen molar-refractivity contribution in [3.63, 3.8) is 0 Å². The van der Waals surface area contributed by atoms with E-state index >= 15 is 0 Å². The van der Waals surface area contributed by atoms with Gasteiger partial charge in [-0.15, -0.1) is 10.2 Å². The molecule has 0 aliphatic heterocycles. The summed E-state index contributed by atoms with van der Waals surface area (Å²) in [5.41, 5.74) is 6.60. The fourth-order valence-electron chi connectivity index (χ4n) is 3.54. The van der Waals surface area contributed by atoms with Gasteiger partial charge in [0.1, 0.15) is 0 Å². The normalized spacial score (nSPS) is 10.9. The van der Waals surface area contributed by atoms with Crippen molar-refractivity contribution >= 4 is 34.1 Å². The van der Waals surface area contributed by atoms with E-state index in [4.69, 9.17) is 0 Å². The van der Waals surface area contributed by atoms with E-state index in [0.717, 1.165) is 28.2 Å². The maximum absolute atomic E-state index is 12.6. The van der Waals surface area contributed by atoms with Crippen LogP contribution < -0.4 is 10.6 Å². The second kappa shape index (κ2) is 8.70. The molecule has 0 bridgehead atoms. The number of carbonyl (C=O) groups excluding carboxylic acids is 1. The highest BCUT2D eigenvalue weighted by Crippen LogP contribution is 2.20. The highest BCUT2D eigenvalue weighted by molar-refractivity contribution is 6.05. The van der Waals surface area contributed by atoms with Gasteiger partial charge in [-0.2, -0.15) is 5.10 Å². The molecule has 5 aromatic rings. The second-order valence-electron chi connectivity index (χ2n) is 7.90. The first-order chi connectivity index (χ1) is 16.5. The molecule has 0 atom stereocenters. The summed E-state index contributed by atoms with van der Waals surface area (Å²) in [6.07, 6.45) is 3.23. The van der Waals surface area contributed by atoms with Crippen molar-refractivity contribution in [1.29, 1.82) is 0 Å². The first-order valence-corrected chi connectivity index (χ1v) is 10.7. The Hall–Kier alpha value is -4.66. The summed E-state index contributed by atoms with van der Waals surface area (Å²) in [5, 5.41) is 19.2. The van der Waals surface area contributed by atoms with Crippen LogP contribution in [-0.2, 0) is 0 Å². The molecule has 9 nitrogen and oxygen atoms in total. The van der Waals surface area contributed by atoms with Gasteiger partial charge in [0.2, 0.25) is 0 Å². The lowest BCUT2D eigenvalue weighted by Gasteiger charge is -2.09. The minimum atomic E-state index is -0.214. The number of fused-ring (bicyclic) bond motifs is 1. The number of aromatic nitrogens is 6. The number of benzene rings is 2. The Labute approximate surface area is 195 Å². The number of hydrogen-bond acceptors (Lipinski definition) is 7. The van der Waals surface area contributed by atoms with Crippen LogP contribution >= 0.6 is 0 Å². The minimum absolute atomic E-state index is 0.214. The average molecular weight is 451 g/mol. The molecule has 5 rings (SSSR count). The van der Waals surface area contributed by atoms with Crippen molar-refractivity contribution in [2.24, 2.45) is 0 Å². The van der Waals surface area contributed by atoms with E-state index in [2.05, 4.69) is 35.9 Å². The van der Waals surface area contributed by atoms with Crippen LogP contribution in [0, 0.1) is 20.8 Å². The molecule has 34 heavy (non-hydrogen) atoms. The van der Waals surface area contributed by atoms with Gasteiger partial charge in [0.15, 0.2) is 11.6 Å². The summed E-state index contributed by atoms with van der Waals surface area (Å²) < 4.78 is 1.79. The van der Waals surface area contributed by atoms with Gasteiger partial charge in [0, 0.05) is 35.0 Å². The third-order valence-corrected chi connectivity index (χ3v) is 5.67. The van der Waals surface area contributed by atoms with Gasteiger partial charge in [-0.3, -0.25) is 14.8 Å².